The Bertz CT molecular complexity index is 805. The molecule has 0 heterocycles. The second-order valence-corrected chi connectivity index (χ2v) is 9.94. The van der Waals surface area contributed by atoms with Gasteiger partial charge in [0.25, 0.3) is 0 Å². The van der Waals surface area contributed by atoms with E-state index in [0.717, 1.165) is 18.4 Å². The minimum absolute atomic E-state index is 0.0294. The van der Waals surface area contributed by atoms with Crippen LogP contribution in [0.15, 0.2) is 11.6 Å². The van der Waals surface area contributed by atoms with Crippen LogP contribution in [0, 0.1) is 28.6 Å². The molecule has 0 amide bonds. The topological polar surface area (TPSA) is 108 Å². The standard InChI is InChI=1S/C23H32O8/c1-22-8-7-13(30-20(26)28-3)9-12(22)10-16(31-21(27)29-4)18-14-5-6-17(25)23(14,2)11-15(24)19(18)22/h10,13-16,18-19,24H,5-9,11H2,1-4H3/t13-,14-,15+,16-,18+,19-,22-,23-/m0/s1. The lowest BCUT2D eigenvalue weighted by atomic mass is 9.46. The average Bonchev–Trinajstić information content (AvgIpc) is 3.02. The number of aliphatic hydroxyl groups is 1. The van der Waals surface area contributed by atoms with Crippen molar-refractivity contribution in [2.45, 2.75) is 70.7 Å². The fraction of sp³-hybridized carbons (Fsp3) is 0.783. The summed E-state index contributed by atoms with van der Waals surface area (Å²) in [6.07, 6.45) is 2.33. The van der Waals surface area contributed by atoms with Crippen molar-refractivity contribution in [3.8, 4) is 0 Å². The molecule has 0 aromatic heterocycles. The summed E-state index contributed by atoms with van der Waals surface area (Å²) >= 11 is 0. The molecule has 0 spiro atoms. The predicted molar refractivity (Wildman–Crippen MR) is 108 cm³/mol. The SMILES string of the molecule is COC(=O)O[C@H]1CC[C@@]2(C)C(=C[C@H](OC(=O)OC)[C@@H]3[C@@H]2[C@H](O)C[C@]2(C)C(=O)CC[C@@H]32)C1. The molecular formula is C23H32O8. The summed E-state index contributed by atoms with van der Waals surface area (Å²) in [5, 5.41) is 11.3. The van der Waals surface area contributed by atoms with Crippen LogP contribution < -0.4 is 0 Å². The summed E-state index contributed by atoms with van der Waals surface area (Å²) in [6.45, 7) is 4.09. The molecule has 31 heavy (non-hydrogen) atoms. The van der Waals surface area contributed by atoms with Crippen LogP contribution in [0.5, 0.6) is 0 Å². The van der Waals surface area contributed by atoms with Crippen LogP contribution in [-0.4, -0.2) is 55.7 Å². The number of ketones is 1. The molecule has 4 rings (SSSR count). The van der Waals surface area contributed by atoms with E-state index in [-0.39, 0.29) is 35.1 Å². The van der Waals surface area contributed by atoms with E-state index in [4.69, 9.17) is 14.2 Å². The molecule has 8 heteroatoms. The highest BCUT2D eigenvalue weighted by atomic mass is 16.7. The lowest BCUT2D eigenvalue weighted by molar-refractivity contribution is -0.159. The first-order chi connectivity index (χ1) is 14.6. The van der Waals surface area contributed by atoms with Gasteiger partial charge >= 0.3 is 12.3 Å². The minimum Gasteiger partial charge on any atom is -0.438 e. The van der Waals surface area contributed by atoms with Gasteiger partial charge in [-0.3, -0.25) is 4.79 Å². The van der Waals surface area contributed by atoms with Crippen LogP contribution in [0.25, 0.3) is 0 Å². The summed E-state index contributed by atoms with van der Waals surface area (Å²) in [5.41, 5.74) is 0.0728. The molecule has 0 aliphatic heterocycles. The maximum Gasteiger partial charge on any atom is 0.508 e. The highest BCUT2D eigenvalue weighted by Crippen LogP contribution is 2.64. The third-order valence-corrected chi connectivity index (χ3v) is 8.54. The Morgan fingerprint density at radius 1 is 1.06 bits per heavy atom. The van der Waals surface area contributed by atoms with Crippen LogP contribution in [0.1, 0.15) is 52.4 Å². The number of hydrogen-bond donors (Lipinski definition) is 1. The Hall–Kier alpha value is -2.09. The van der Waals surface area contributed by atoms with E-state index in [1.54, 1.807) is 0 Å². The number of methoxy groups -OCH3 is 2. The van der Waals surface area contributed by atoms with Crippen molar-refractivity contribution in [2.75, 3.05) is 14.2 Å². The quantitative estimate of drug-likeness (QED) is 0.518. The second-order valence-electron chi connectivity index (χ2n) is 9.94. The molecule has 0 saturated heterocycles. The van der Waals surface area contributed by atoms with E-state index < -0.39 is 29.9 Å². The third-order valence-electron chi connectivity index (χ3n) is 8.54. The maximum atomic E-state index is 12.8. The normalized spacial score (nSPS) is 43.6. The van der Waals surface area contributed by atoms with Crippen molar-refractivity contribution in [2.24, 2.45) is 28.6 Å². The van der Waals surface area contributed by atoms with Gasteiger partial charge in [0.2, 0.25) is 0 Å². The van der Waals surface area contributed by atoms with Crippen LogP contribution in [0.2, 0.25) is 0 Å². The fourth-order valence-electron chi connectivity index (χ4n) is 7.04. The maximum absolute atomic E-state index is 12.8. The summed E-state index contributed by atoms with van der Waals surface area (Å²) in [4.78, 5) is 36.4. The zero-order chi connectivity index (χ0) is 22.6. The van der Waals surface area contributed by atoms with Gasteiger partial charge in [-0.25, -0.2) is 9.59 Å². The van der Waals surface area contributed by atoms with Crippen molar-refractivity contribution < 1.29 is 38.4 Å². The first-order valence-corrected chi connectivity index (χ1v) is 11.1. The number of carbonyl (C=O) groups is 3. The summed E-state index contributed by atoms with van der Waals surface area (Å²) in [5.74, 6) is -0.125. The fourth-order valence-corrected chi connectivity index (χ4v) is 7.04. The molecule has 8 nitrogen and oxygen atoms in total. The van der Waals surface area contributed by atoms with Gasteiger partial charge in [0.15, 0.2) is 0 Å². The third kappa shape index (κ3) is 3.43. The molecule has 0 radical (unpaired) electrons. The number of aliphatic hydroxyl groups excluding tert-OH is 1. The van der Waals surface area contributed by atoms with Crippen molar-refractivity contribution in [1.82, 2.24) is 0 Å². The van der Waals surface area contributed by atoms with Gasteiger partial charge in [-0.05, 0) is 43.1 Å². The number of fused-ring (bicyclic) bond motifs is 5. The minimum atomic E-state index is -0.784. The smallest absolute Gasteiger partial charge is 0.438 e. The van der Waals surface area contributed by atoms with E-state index in [1.165, 1.54) is 14.2 Å². The highest BCUT2D eigenvalue weighted by molar-refractivity contribution is 5.87. The average molecular weight is 437 g/mol. The predicted octanol–water partition coefficient (Wildman–Crippen LogP) is 3.40. The zero-order valence-corrected chi connectivity index (χ0v) is 18.6. The van der Waals surface area contributed by atoms with E-state index in [0.29, 0.717) is 25.7 Å². The van der Waals surface area contributed by atoms with E-state index in [2.05, 4.69) is 11.7 Å². The van der Waals surface area contributed by atoms with Gasteiger partial charge in [-0.15, -0.1) is 0 Å². The van der Waals surface area contributed by atoms with Gasteiger partial charge < -0.3 is 24.1 Å². The molecule has 4 aliphatic carbocycles. The summed E-state index contributed by atoms with van der Waals surface area (Å²) < 4.78 is 20.5. The summed E-state index contributed by atoms with van der Waals surface area (Å²) in [7, 11) is 2.54. The number of hydrogen-bond acceptors (Lipinski definition) is 8. The molecule has 172 valence electrons. The Kier molecular flexibility index (Phi) is 5.56. The largest absolute Gasteiger partial charge is 0.508 e. The first kappa shape index (κ1) is 22.1. The molecular weight excluding hydrogens is 404 g/mol. The van der Waals surface area contributed by atoms with Crippen molar-refractivity contribution in [1.29, 1.82) is 0 Å². The monoisotopic (exact) mass is 436 g/mol. The lowest BCUT2D eigenvalue weighted by Crippen LogP contribution is -2.60. The van der Waals surface area contributed by atoms with Gasteiger partial charge in [0, 0.05) is 30.1 Å². The molecule has 0 unspecified atom stereocenters. The Morgan fingerprint density at radius 2 is 1.74 bits per heavy atom. The lowest BCUT2D eigenvalue weighted by Gasteiger charge is -2.59. The highest BCUT2D eigenvalue weighted by Gasteiger charge is 2.64. The molecule has 8 atom stereocenters. The van der Waals surface area contributed by atoms with Crippen molar-refractivity contribution in [3.05, 3.63) is 11.6 Å². The molecule has 0 bridgehead atoms. The van der Waals surface area contributed by atoms with Gasteiger partial charge in [0.1, 0.15) is 18.0 Å². The Labute approximate surface area is 182 Å². The van der Waals surface area contributed by atoms with E-state index in [9.17, 15) is 19.5 Å². The van der Waals surface area contributed by atoms with Gasteiger partial charge in [-0.2, -0.15) is 0 Å². The number of Topliss-reactive ketones (excluding diaryl/α,β-unsaturated/α-hetero) is 1. The van der Waals surface area contributed by atoms with Crippen LogP contribution in [-0.2, 0) is 23.7 Å². The van der Waals surface area contributed by atoms with Crippen LogP contribution >= 0.6 is 0 Å². The van der Waals surface area contributed by atoms with Crippen molar-refractivity contribution in [3.63, 3.8) is 0 Å². The van der Waals surface area contributed by atoms with Gasteiger partial charge in [0.05, 0.1) is 20.3 Å². The van der Waals surface area contributed by atoms with E-state index >= 15 is 0 Å². The van der Waals surface area contributed by atoms with Crippen LogP contribution in [0.3, 0.4) is 0 Å². The Balaban J connectivity index is 1.73. The van der Waals surface area contributed by atoms with E-state index in [1.807, 2.05) is 13.0 Å². The molecule has 4 aliphatic rings. The number of rotatable bonds is 2. The second kappa shape index (κ2) is 7.80. The first-order valence-electron chi connectivity index (χ1n) is 11.1. The zero-order valence-electron chi connectivity index (χ0n) is 18.6. The molecule has 0 aromatic rings. The number of ether oxygens (including phenoxy) is 4. The molecule has 0 aromatic carbocycles. The van der Waals surface area contributed by atoms with Crippen molar-refractivity contribution >= 4 is 18.1 Å². The summed E-state index contributed by atoms with van der Waals surface area (Å²) in [6, 6.07) is 0. The Morgan fingerprint density at radius 3 is 2.42 bits per heavy atom. The molecule has 3 fully saturated rings. The van der Waals surface area contributed by atoms with Gasteiger partial charge in [-0.1, -0.05) is 19.4 Å². The molecule has 3 saturated carbocycles. The van der Waals surface area contributed by atoms with Crippen LogP contribution in [0.4, 0.5) is 9.59 Å². The number of carbonyl (C=O) groups excluding carboxylic acids is 3. The molecule has 1 N–H and O–H groups in total.